The highest BCUT2D eigenvalue weighted by atomic mass is 16.6. The molecular weight excluding hydrogens is 873 g/mol. The van der Waals surface area contributed by atoms with Gasteiger partial charge >= 0.3 is 6.09 Å². The summed E-state index contributed by atoms with van der Waals surface area (Å²) in [5, 5.41) is 11.5. The Bertz CT molecular complexity index is 1870. The monoisotopic (exact) mass is 957 g/mol. The van der Waals surface area contributed by atoms with E-state index >= 15 is 0 Å². The average molecular weight is 957 g/mol. The van der Waals surface area contributed by atoms with Gasteiger partial charge in [-0.15, -0.1) is 0 Å². The number of hydrogen-bond acceptors (Lipinski definition) is 11. The number of methoxy groups -OCH3 is 2. The van der Waals surface area contributed by atoms with E-state index in [0.29, 0.717) is 38.2 Å². The van der Waals surface area contributed by atoms with E-state index < -0.39 is 65.8 Å². The fourth-order valence-corrected chi connectivity index (χ4v) is 9.07. The number of rotatable bonds is 23. The van der Waals surface area contributed by atoms with Crippen LogP contribution in [0.25, 0.3) is 0 Å². The first-order valence-corrected chi connectivity index (χ1v) is 24.4. The van der Waals surface area contributed by atoms with Gasteiger partial charge in [-0.1, -0.05) is 53.2 Å². The van der Waals surface area contributed by atoms with Gasteiger partial charge < -0.3 is 50.2 Å². The summed E-state index contributed by atoms with van der Waals surface area (Å²) in [7, 11) is 8.29. The molecule has 7 amide bonds. The molecule has 1 aromatic rings. The second kappa shape index (κ2) is 26.2. The van der Waals surface area contributed by atoms with Crippen molar-refractivity contribution in [2.75, 3.05) is 66.9 Å². The molecule has 0 radical (unpaired) electrons. The summed E-state index contributed by atoms with van der Waals surface area (Å²) in [5.41, 5.74) is 0.639. The summed E-state index contributed by atoms with van der Waals surface area (Å²) in [6.45, 7) is 20.3. The number of benzene rings is 1. The molecule has 2 fully saturated rings. The van der Waals surface area contributed by atoms with Crippen molar-refractivity contribution in [2.45, 2.75) is 156 Å². The van der Waals surface area contributed by atoms with Crippen LogP contribution in [0.1, 0.15) is 107 Å². The first kappa shape index (κ1) is 57.5. The Kier molecular flexibility index (Phi) is 22.2. The van der Waals surface area contributed by atoms with Crippen molar-refractivity contribution >= 4 is 47.2 Å². The second-order valence-corrected chi connectivity index (χ2v) is 20.3. The Morgan fingerprint density at radius 1 is 0.868 bits per heavy atom. The number of carbonyl (C=O) groups excluding carboxylic acids is 7. The molecule has 0 aliphatic carbocycles. The Labute approximate surface area is 405 Å². The molecule has 2 heterocycles. The third-order valence-corrected chi connectivity index (χ3v) is 13.6. The van der Waals surface area contributed by atoms with Crippen LogP contribution in [-0.2, 0) is 49.4 Å². The number of ether oxygens (including phenoxy) is 3. The number of anilines is 1. The van der Waals surface area contributed by atoms with E-state index in [9.17, 15) is 33.6 Å². The van der Waals surface area contributed by atoms with Crippen molar-refractivity contribution in [3.8, 4) is 0 Å². The van der Waals surface area contributed by atoms with Crippen LogP contribution in [0.3, 0.4) is 0 Å². The smallest absolute Gasteiger partial charge is 0.410 e. The Balaban J connectivity index is 1.60. The van der Waals surface area contributed by atoms with Gasteiger partial charge in [0.15, 0.2) is 0 Å². The van der Waals surface area contributed by atoms with E-state index in [-0.39, 0.29) is 53.8 Å². The topological polar surface area (TPSA) is 208 Å². The number of nitrogens with one attached hydrogen (secondary N) is 4. The third kappa shape index (κ3) is 16.1. The van der Waals surface area contributed by atoms with E-state index in [1.807, 2.05) is 40.8 Å². The summed E-state index contributed by atoms with van der Waals surface area (Å²) in [5.74, 6) is -2.64. The Hall–Kier alpha value is -4.81. The number of likely N-dealkylation sites (tertiary alicyclic amines) is 2. The maximum Gasteiger partial charge on any atom is 0.410 e. The van der Waals surface area contributed by atoms with Gasteiger partial charge in [0.2, 0.25) is 35.4 Å². The predicted octanol–water partition coefficient (Wildman–Crippen LogP) is 4.06. The predicted molar refractivity (Wildman–Crippen MR) is 261 cm³/mol. The van der Waals surface area contributed by atoms with Gasteiger partial charge in [-0.25, -0.2) is 4.79 Å². The molecule has 68 heavy (non-hydrogen) atoms. The molecule has 0 aromatic heterocycles. The molecule has 0 saturated carbocycles. The molecule has 0 bridgehead atoms. The first-order valence-electron chi connectivity index (χ1n) is 24.4. The lowest BCUT2D eigenvalue weighted by molar-refractivity contribution is -0.147. The van der Waals surface area contributed by atoms with Crippen LogP contribution in [0.4, 0.5) is 10.5 Å². The van der Waals surface area contributed by atoms with Crippen molar-refractivity contribution in [1.29, 1.82) is 0 Å². The van der Waals surface area contributed by atoms with Gasteiger partial charge in [-0.2, -0.15) is 0 Å². The van der Waals surface area contributed by atoms with Crippen molar-refractivity contribution in [1.82, 2.24) is 35.6 Å². The zero-order chi connectivity index (χ0) is 51.2. The van der Waals surface area contributed by atoms with Crippen LogP contribution in [0.5, 0.6) is 0 Å². The number of carbonyl (C=O) groups is 7. The Morgan fingerprint density at radius 2 is 1.54 bits per heavy atom. The second-order valence-electron chi connectivity index (χ2n) is 20.3. The fraction of sp³-hybridized carbons (Fsp3) is 0.740. The van der Waals surface area contributed by atoms with Crippen LogP contribution in [-0.4, -0.2) is 171 Å². The van der Waals surface area contributed by atoms with Gasteiger partial charge in [0.25, 0.3) is 0 Å². The molecule has 18 heteroatoms. The molecule has 2 aliphatic heterocycles. The lowest BCUT2D eigenvalue weighted by Crippen LogP contribution is -2.58. The standard InChI is InChI=1S/C50H84N8O10/c1-16-31(4)42(57(13)48(64)41(30(2)3)54-47(63)36-23-26-55(11)29-36)39(66-14)28-40(59)58-25-18-21-38(58)43(67-15)32(5)44(60)51-24-22-35-19-17-20-37(27-35)53-45(61)33(6)52-46(62)34(7)56(12)49(65)68-50(8,9)10/h17,19-20,27,30-34,36,38-39,41-43H,16,18,21-26,28-29H2,1-15H3,(H,51,60)(H,52,62)(H,53,61)(H,54,63)/t31-,32+,33+,34-,36-,38?,39+,41-,42-,43+/m1/s1. The van der Waals surface area contributed by atoms with Gasteiger partial charge in [0.05, 0.1) is 42.5 Å². The van der Waals surface area contributed by atoms with E-state index in [1.165, 1.54) is 11.9 Å². The molecule has 18 nitrogen and oxygen atoms in total. The van der Waals surface area contributed by atoms with E-state index in [1.54, 1.807) is 90.8 Å². The molecule has 3 rings (SSSR count). The molecule has 1 unspecified atom stereocenters. The summed E-state index contributed by atoms with van der Waals surface area (Å²) >= 11 is 0. The first-order chi connectivity index (χ1) is 31.8. The van der Waals surface area contributed by atoms with E-state index in [4.69, 9.17) is 14.2 Å². The number of likely N-dealkylation sites (N-methyl/N-ethyl adjacent to an activating group) is 2. The third-order valence-electron chi connectivity index (χ3n) is 13.6. The highest BCUT2D eigenvalue weighted by Gasteiger charge is 2.43. The minimum Gasteiger partial charge on any atom is -0.444 e. The summed E-state index contributed by atoms with van der Waals surface area (Å²) in [6, 6.07) is 3.86. The van der Waals surface area contributed by atoms with Gasteiger partial charge in [0, 0.05) is 53.6 Å². The van der Waals surface area contributed by atoms with Crippen LogP contribution in [0.2, 0.25) is 0 Å². The van der Waals surface area contributed by atoms with E-state index in [2.05, 4.69) is 26.2 Å². The molecular formula is C50H84N8O10. The van der Waals surface area contributed by atoms with Crippen LogP contribution < -0.4 is 21.3 Å². The molecule has 1 aromatic carbocycles. The molecule has 384 valence electrons. The minimum atomic E-state index is -0.908. The van der Waals surface area contributed by atoms with Crippen molar-refractivity contribution in [2.24, 2.45) is 23.7 Å². The minimum absolute atomic E-state index is 0.0173. The normalized spacial score (nSPS) is 20.0. The fourth-order valence-electron chi connectivity index (χ4n) is 9.07. The van der Waals surface area contributed by atoms with Crippen LogP contribution in [0, 0.1) is 23.7 Å². The molecule has 10 atom stereocenters. The maximum atomic E-state index is 14.3. The van der Waals surface area contributed by atoms with Crippen molar-refractivity contribution in [3.05, 3.63) is 29.8 Å². The lowest BCUT2D eigenvalue weighted by atomic mass is 9.89. The quantitative estimate of drug-likeness (QED) is 0.123. The molecule has 2 saturated heterocycles. The summed E-state index contributed by atoms with van der Waals surface area (Å²) in [6.07, 6.45) is 1.48. The summed E-state index contributed by atoms with van der Waals surface area (Å²) in [4.78, 5) is 101. The van der Waals surface area contributed by atoms with Crippen molar-refractivity contribution < 1.29 is 47.8 Å². The largest absolute Gasteiger partial charge is 0.444 e. The molecule has 4 N–H and O–H groups in total. The number of amides is 7. The highest BCUT2D eigenvalue weighted by Crippen LogP contribution is 2.30. The average Bonchev–Trinajstić information content (AvgIpc) is 3.96. The van der Waals surface area contributed by atoms with Crippen LogP contribution in [0.15, 0.2) is 24.3 Å². The highest BCUT2D eigenvalue weighted by molar-refractivity contribution is 5.98. The SMILES string of the molecule is CC[C@@H](C)[C@H]([C@H](CC(=O)N1CCCC1[C@@H](OC)[C@H](C)C(=O)NCCc1cccc(NC(=O)[C@H](C)NC(=O)[C@@H](C)N(C)C(=O)OC(C)(C)C)c1)OC)N(C)C(=O)[C@H](NC(=O)[C@@H]1CCN(C)C1)C(C)C. The molecule has 0 spiro atoms. The summed E-state index contributed by atoms with van der Waals surface area (Å²) < 4.78 is 17.4. The van der Waals surface area contributed by atoms with Crippen molar-refractivity contribution in [3.63, 3.8) is 0 Å². The number of hydrogen-bond donors (Lipinski definition) is 4. The zero-order valence-corrected chi connectivity index (χ0v) is 43.6. The Morgan fingerprint density at radius 3 is 2.12 bits per heavy atom. The zero-order valence-electron chi connectivity index (χ0n) is 43.6. The number of nitrogens with zero attached hydrogens (tertiary/aromatic N) is 4. The van der Waals surface area contributed by atoms with Gasteiger partial charge in [-0.05, 0) is 103 Å². The molecule has 2 aliphatic rings. The van der Waals surface area contributed by atoms with Gasteiger partial charge in [0.1, 0.15) is 23.7 Å². The lowest BCUT2D eigenvalue weighted by Gasteiger charge is -2.41. The van der Waals surface area contributed by atoms with Gasteiger partial charge in [-0.3, -0.25) is 33.7 Å². The maximum absolute atomic E-state index is 14.3. The van der Waals surface area contributed by atoms with E-state index in [0.717, 1.165) is 31.4 Å². The van der Waals surface area contributed by atoms with Crippen LogP contribution >= 0.6 is 0 Å².